The number of hydrogen-bond donors (Lipinski definition) is 1. The third kappa shape index (κ3) is 7.18. The molecule has 0 aromatic rings. The van der Waals surface area contributed by atoms with Crippen molar-refractivity contribution in [1.82, 2.24) is 0 Å². The molecule has 0 aromatic carbocycles. The fraction of sp³-hybridized carbons (Fsp3) is 0.769. The minimum absolute atomic E-state index is 0.176. The zero-order valence-electron chi connectivity index (χ0n) is 10.5. The zero-order chi connectivity index (χ0) is 12.1. The van der Waals surface area contributed by atoms with E-state index in [1.807, 2.05) is 0 Å². The fourth-order valence-corrected chi connectivity index (χ4v) is 2.08. The number of carboxylic acid groups (broad SMARTS) is 1. The lowest BCUT2D eigenvalue weighted by Crippen LogP contribution is -2.20. The van der Waals surface area contributed by atoms with Crippen molar-refractivity contribution in [2.75, 3.05) is 0 Å². The molecule has 1 unspecified atom stereocenters. The van der Waals surface area contributed by atoms with Crippen molar-refractivity contribution in [1.29, 1.82) is 0 Å². The van der Waals surface area contributed by atoms with Gasteiger partial charge in [0, 0.05) is 5.57 Å². The van der Waals surface area contributed by atoms with Gasteiger partial charge in [0.2, 0.25) is 0 Å². The smallest absolute Gasteiger partial charge is 0.330 e. The molecule has 1 atom stereocenters. The van der Waals surface area contributed by atoms with Crippen LogP contribution in [0.15, 0.2) is 12.2 Å². The molecule has 15 heavy (non-hydrogen) atoms. The topological polar surface area (TPSA) is 37.3 Å². The summed E-state index contributed by atoms with van der Waals surface area (Å²) in [6.07, 6.45) is 5.79. The van der Waals surface area contributed by atoms with Crippen LogP contribution in [0.4, 0.5) is 0 Å². The van der Waals surface area contributed by atoms with Crippen LogP contribution in [0, 0.1) is 11.3 Å². The molecule has 1 saturated carbocycles. The van der Waals surface area contributed by atoms with Crippen molar-refractivity contribution in [2.24, 2.45) is 11.3 Å². The van der Waals surface area contributed by atoms with E-state index in [9.17, 15) is 4.79 Å². The van der Waals surface area contributed by atoms with Gasteiger partial charge >= 0.3 is 5.97 Å². The Kier molecular flexibility index (Phi) is 5.63. The number of carboxylic acids is 1. The van der Waals surface area contributed by atoms with E-state index < -0.39 is 5.97 Å². The Balaban J connectivity index is 0.000000288. The summed E-state index contributed by atoms with van der Waals surface area (Å²) in [7, 11) is 0. The van der Waals surface area contributed by atoms with Crippen LogP contribution in [-0.4, -0.2) is 11.1 Å². The van der Waals surface area contributed by atoms with Crippen LogP contribution in [0.2, 0.25) is 0 Å². The van der Waals surface area contributed by atoms with Crippen molar-refractivity contribution >= 4 is 5.97 Å². The molecule has 1 rings (SSSR count). The maximum atomic E-state index is 9.60. The van der Waals surface area contributed by atoms with Crippen LogP contribution in [-0.2, 0) is 4.79 Å². The van der Waals surface area contributed by atoms with Gasteiger partial charge in [0.25, 0.3) is 0 Å². The molecule has 0 amide bonds. The van der Waals surface area contributed by atoms with Crippen LogP contribution in [0.5, 0.6) is 0 Å². The maximum Gasteiger partial charge on any atom is 0.330 e. The largest absolute Gasteiger partial charge is 0.478 e. The molecule has 2 heteroatoms. The van der Waals surface area contributed by atoms with Gasteiger partial charge in [-0.05, 0) is 31.1 Å². The lowest BCUT2D eigenvalue weighted by atomic mass is 9.73. The molecule has 0 bridgehead atoms. The predicted octanol–water partition coefficient (Wildman–Crippen LogP) is 3.87. The number of rotatable bonds is 1. The highest BCUT2D eigenvalue weighted by molar-refractivity contribution is 5.84. The van der Waals surface area contributed by atoms with Crippen LogP contribution in [0.3, 0.4) is 0 Å². The first-order valence-corrected chi connectivity index (χ1v) is 5.63. The molecule has 0 radical (unpaired) electrons. The van der Waals surface area contributed by atoms with Gasteiger partial charge in [0.05, 0.1) is 0 Å². The summed E-state index contributed by atoms with van der Waals surface area (Å²) in [5, 5.41) is 7.89. The molecule has 1 aliphatic carbocycles. The van der Waals surface area contributed by atoms with E-state index in [1.54, 1.807) is 0 Å². The molecular weight excluding hydrogens is 188 g/mol. The first kappa shape index (κ1) is 14.2. The van der Waals surface area contributed by atoms with Gasteiger partial charge in [-0.2, -0.15) is 0 Å². The molecule has 1 aliphatic rings. The summed E-state index contributed by atoms with van der Waals surface area (Å²) in [5.74, 6) is 0.0451. The van der Waals surface area contributed by atoms with E-state index in [-0.39, 0.29) is 5.57 Å². The minimum Gasteiger partial charge on any atom is -0.478 e. The Morgan fingerprint density at radius 3 is 2.13 bits per heavy atom. The van der Waals surface area contributed by atoms with Crippen molar-refractivity contribution in [3.8, 4) is 0 Å². The molecular formula is C13H24O2. The highest BCUT2D eigenvalue weighted by Crippen LogP contribution is 2.37. The Labute approximate surface area is 93.4 Å². The second kappa shape index (κ2) is 5.94. The van der Waals surface area contributed by atoms with Gasteiger partial charge in [-0.15, -0.1) is 0 Å². The maximum absolute atomic E-state index is 9.60. The van der Waals surface area contributed by atoms with Gasteiger partial charge in [-0.1, -0.05) is 40.2 Å². The Bertz CT molecular complexity index is 217. The van der Waals surface area contributed by atoms with Crippen LogP contribution in [0.25, 0.3) is 0 Å². The normalized spacial score (nSPS) is 23.6. The van der Waals surface area contributed by atoms with Gasteiger partial charge in [-0.25, -0.2) is 4.79 Å². The van der Waals surface area contributed by atoms with Gasteiger partial charge < -0.3 is 5.11 Å². The van der Waals surface area contributed by atoms with Crippen LogP contribution in [0.1, 0.15) is 53.4 Å². The van der Waals surface area contributed by atoms with Gasteiger partial charge in [0.15, 0.2) is 0 Å². The highest BCUT2D eigenvalue weighted by atomic mass is 16.4. The van der Waals surface area contributed by atoms with Crippen molar-refractivity contribution < 1.29 is 9.90 Å². The Morgan fingerprint density at radius 1 is 1.47 bits per heavy atom. The Hall–Kier alpha value is -0.790. The summed E-state index contributed by atoms with van der Waals surface area (Å²) in [6.45, 7) is 11.8. The summed E-state index contributed by atoms with van der Waals surface area (Å²) in [4.78, 5) is 9.60. The summed E-state index contributed by atoms with van der Waals surface area (Å²) >= 11 is 0. The number of hydrogen-bond acceptors (Lipinski definition) is 1. The van der Waals surface area contributed by atoms with E-state index in [1.165, 1.54) is 32.6 Å². The van der Waals surface area contributed by atoms with E-state index in [0.717, 1.165) is 5.92 Å². The standard InChI is InChI=1S/C9H18.C4H6O2/c1-8-5-4-6-9(2,3)7-8;1-3(2)4(5)6/h8H,4-7H2,1-3H3;1H2,2H3,(H,5,6). The van der Waals surface area contributed by atoms with Crippen LogP contribution >= 0.6 is 0 Å². The van der Waals surface area contributed by atoms with Crippen molar-refractivity contribution in [2.45, 2.75) is 53.4 Å². The molecule has 0 spiro atoms. The second-order valence-corrected chi connectivity index (χ2v) is 5.45. The van der Waals surface area contributed by atoms with Crippen LogP contribution < -0.4 is 0 Å². The molecule has 2 nitrogen and oxygen atoms in total. The third-order valence-corrected chi connectivity index (χ3v) is 2.82. The van der Waals surface area contributed by atoms with Crippen molar-refractivity contribution in [3.63, 3.8) is 0 Å². The van der Waals surface area contributed by atoms with Gasteiger partial charge in [0.1, 0.15) is 0 Å². The van der Waals surface area contributed by atoms with E-state index in [2.05, 4.69) is 27.4 Å². The molecule has 88 valence electrons. The first-order chi connectivity index (χ1) is 6.74. The number of aliphatic carboxylic acids is 1. The van der Waals surface area contributed by atoms with E-state index in [0.29, 0.717) is 5.41 Å². The summed E-state index contributed by atoms with van der Waals surface area (Å²) in [6, 6.07) is 0. The lowest BCUT2D eigenvalue weighted by Gasteiger charge is -2.33. The van der Waals surface area contributed by atoms with E-state index in [4.69, 9.17) is 5.11 Å². The molecule has 0 aromatic heterocycles. The predicted molar refractivity (Wildman–Crippen MR) is 63.9 cm³/mol. The first-order valence-electron chi connectivity index (χ1n) is 5.63. The average Bonchev–Trinajstić information content (AvgIpc) is 2.02. The lowest BCUT2D eigenvalue weighted by molar-refractivity contribution is -0.132. The minimum atomic E-state index is -0.935. The fourth-order valence-electron chi connectivity index (χ4n) is 2.08. The molecule has 0 saturated heterocycles. The Morgan fingerprint density at radius 2 is 1.93 bits per heavy atom. The molecule has 1 N–H and O–H groups in total. The summed E-state index contributed by atoms with van der Waals surface area (Å²) < 4.78 is 0. The third-order valence-electron chi connectivity index (χ3n) is 2.82. The quantitative estimate of drug-likeness (QED) is 0.670. The SMILES string of the molecule is C=C(C)C(=O)O.CC1CCCC(C)(C)C1. The highest BCUT2D eigenvalue weighted by Gasteiger charge is 2.24. The van der Waals surface area contributed by atoms with Gasteiger partial charge in [-0.3, -0.25) is 0 Å². The van der Waals surface area contributed by atoms with E-state index >= 15 is 0 Å². The second-order valence-electron chi connectivity index (χ2n) is 5.45. The zero-order valence-corrected chi connectivity index (χ0v) is 10.5. The monoisotopic (exact) mass is 212 g/mol. The van der Waals surface area contributed by atoms with Crippen molar-refractivity contribution in [3.05, 3.63) is 12.2 Å². The average molecular weight is 212 g/mol. The molecule has 0 aliphatic heterocycles. The number of carbonyl (C=O) groups is 1. The summed E-state index contributed by atoms with van der Waals surface area (Å²) in [5.41, 5.74) is 0.826. The molecule has 1 fully saturated rings. The molecule has 0 heterocycles.